The summed E-state index contributed by atoms with van der Waals surface area (Å²) in [6.07, 6.45) is -0.209. The first-order valence-corrected chi connectivity index (χ1v) is 10.3. The van der Waals surface area contributed by atoms with Crippen LogP contribution >= 0.6 is 0 Å². The number of amides is 1. The number of halogens is 1. The predicted molar refractivity (Wildman–Crippen MR) is 116 cm³/mol. The Labute approximate surface area is 190 Å². The first-order chi connectivity index (χ1) is 15.8. The zero-order chi connectivity index (χ0) is 23.8. The molecule has 1 heterocycles. The molecule has 0 spiro atoms. The van der Waals surface area contributed by atoms with Gasteiger partial charge in [0.1, 0.15) is 30.5 Å². The van der Waals surface area contributed by atoms with Crippen LogP contribution in [-0.2, 0) is 29.1 Å². The lowest BCUT2D eigenvalue weighted by Crippen LogP contribution is -2.35. The highest BCUT2D eigenvalue weighted by Crippen LogP contribution is 2.17. The molecular formula is C24H25FN2O6. The number of oxazole rings is 1. The molecule has 9 heteroatoms. The standard InChI is InChI=1S/C24H25FN2O6/c1-16-22(26-17(2)33-16)10-11-31-21-5-3-4-19(12-21)13-27(14-23(28)29)24(30)32-15-18-6-8-20(25)9-7-18/h3-9,12H,10-11,13-15H2,1-2H3,(H,28,29). The van der Waals surface area contributed by atoms with Crippen LogP contribution < -0.4 is 4.74 Å². The van der Waals surface area contributed by atoms with Gasteiger partial charge in [-0.2, -0.15) is 0 Å². The first kappa shape index (κ1) is 23.8. The molecule has 1 N–H and O–H groups in total. The number of rotatable bonds is 10. The lowest BCUT2D eigenvalue weighted by atomic mass is 10.2. The number of aromatic nitrogens is 1. The van der Waals surface area contributed by atoms with Crippen LogP contribution in [0.25, 0.3) is 0 Å². The van der Waals surface area contributed by atoms with Crippen molar-refractivity contribution in [2.45, 2.75) is 33.4 Å². The minimum absolute atomic E-state index is 0.0212. The van der Waals surface area contributed by atoms with E-state index in [0.29, 0.717) is 35.8 Å². The Morgan fingerprint density at radius 1 is 1.12 bits per heavy atom. The molecule has 8 nitrogen and oxygen atoms in total. The highest BCUT2D eigenvalue weighted by Gasteiger charge is 2.19. The minimum Gasteiger partial charge on any atom is -0.493 e. The van der Waals surface area contributed by atoms with Crippen molar-refractivity contribution in [1.29, 1.82) is 0 Å². The molecule has 0 fully saturated rings. The molecule has 174 valence electrons. The summed E-state index contributed by atoms with van der Waals surface area (Å²) in [7, 11) is 0. The zero-order valence-electron chi connectivity index (χ0n) is 18.4. The first-order valence-electron chi connectivity index (χ1n) is 10.3. The fourth-order valence-corrected chi connectivity index (χ4v) is 3.19. The summed E-state index contributed by atoms with van der Waals surface area (Å²) in [5, 5.41) is 9.20. The van der Waals surface area contributed by atoms with Gasteiger partial charge in [-0.05, 0) is 42.3 Å². The second-order valence-electron chi connectivity index (χ2n) is 7.41. The molecule has 0 saturated carbocycles. The van der Waals surface area contributed by atoms with Crippen LogP contribution in [0, 0.1) is 19.7 Å². The fourth-order valence-electron chi connectivity index (χ4n) is 3.19. The molecule has 1 amide bonds. The summed E-state index contributed by atoms with van der Waals surface area (Å²) in [5.74, 6) is 0.383. The maximum Gasteiger partial charge on any atom is 0.410 e. The molecule has 0 bridgehead atoms. The van der Waals surface area contributed by atoms with Crippen molar-refractivity contribution >= 4 is 12.1 Å². The van der Waals surface area contributed by atoms with E-state index in [0.717, 1.165) is 16.4 Å². The molecule has 0 atom stereocenters. The van der Waals surface area contributed by atoms with Crippen molar-refractivity contribution in [3.63, 3.8) is 0 Å². The summed E-state index contributed by atoms with van der Waals surface area (Å²) >= 11 is 0. The van der Waals surface area contributed by atoms with Gasteiger partial charge in [0.15, 0.2) is 5.89 Å². The highest BCUT2D eigenvalue weighted by molar-refractivity contribution is 5.76. The molecule has 2 aromatic carbocycles. The Balaban J connectivity index is 1.58. The normalized spacial score (nSPS) is 10.6. The molecule has 1 aromatic heterocycles. The van der Waals surface area contributed by atoms with Crippen LogP contribution in [0.5, 0.6) is 5.75 Å². The van der Waals surface area contributed by atoms with Crippen molar-refractivity contribution in [3.8, 4) is 5.75 Å². The molecule has 33 heavy (non-hydrogen) atoms. The van der Waals surface area contributed by atoms with E-state index in [-0.39, 0.29) is 13.2 Å². The number of hydrogen-bond donors (Lipinski definition) is 1. The third-order valence-electron chi connectivity index (χ3n) is 4.74. The highest BCUT2D eigenvalue weighted by atomic mass is 19.1. The van der Waals surface area contributed by atoms with Crippen LogP contribution in [0.1, 0.15) is 28.5 Å². The number of ether oxygens (including phenoxy) is 2. The Kier molecular flexibility index (Phi) is 8.01. The zero-order valence-corrected chi connectivity index (χ0v) is 18.4. The van der Waals surface area contributed by atoms with E-state index in [1.807, 2.05) is 6.92 Å². The average Bonchev–Trinajstić information content (AvgIpc) is 3.09. The van der Waals surface area contributed by atoms with Crippen molar-refractivity contribution in [2.24, 2.45) is 0 Å². The van der Waals surface area contributed by atoms with Gasteiger partial charge in [-0.15, -0.1) is 0 Å². The van der Waals surface area contributed by atoms with Crippen LogP contribution in [0.2, 0.25) is 0 Å². The minimum atomic E-state index is -1.17. The van der Waals surface area contributed by atoms with Gasteiger partial charge in [0.2, 0.25) is 0 Å². The Bertz CT molecular complexity index is 1100. The van der Waals surface area contributed by atoms with Crippen molar-refractivity contribution in [1.82, 2.24) is 9.88 Å². The predicted octanol–water partition coefficient (Wildman–Crippen LogP) is 4.28. The summed E-state index contributed by atoms with van der Waals surface area (Å²) in [4.78, 5) is 29.1. The summed E-state index contributed by atoms with van der Waals surface area (Å²) < 4.78 is 29.4. The SMILES string of the molecule is Cc1nc(CCOc2cccc(CN(CC(=O)O)C(=O)OCc3ccc(F)cc3)c2)c(C)o1. The van der Waals surface area contributed by atoms with E-state index in [9.17, 15) is 19.1 Å². The molecule has 0 unspecified atom stereocenters. The molecule has 0 aliphatic rings. The van der Waals surface area contributed by atoms with Gasteiger partial charge in [0.05, 0.1) is 12.3 Å². The number of aryl methyl sites for hydroxylation is 2. The van der Waals surface area contributed by atoms with E-state index >= 15 is 0 Å². The van der Waals surface area contributed by atoms with Crippen LogP contribution in [-0.4, -0.2) is 40.2 Å². The third kappa shape index (κ3) is 7.34. The van der Waals surface area contributed by atoms with Crippen molar-refractivity contribution in [2.75, 3.05) is 13.2 Å². The van der Waals surface area contributed by atoms with E-state index in [2.05, 4.69) is 4.98 Å². The second-order valence-corrected chi connectivity index (χ2v) is 7.41. The smallest absolute Gasteiger partial charge is 0.410 e. The quantitative estimate of drug-likeness (QED) is 0.486. The molecule has 0 aliphatic carbocycles. The maximum absolute atomic E-state index is 13.0. The summed E-state index contributed by atoms with van der Waals surface area (Å²) in [6.45, 7) is 3.41. The fraction of sp³-hybridized carbons (Fsp3) is 0.292. The number of benzene rings is 2. The summed E-state index contributed by atoms with van der Waals surface area (Å²) in [6, 6.07) is 12.5. The number of carboxylic acids is 1. The van der Waals surface area contributed by atoms with Crippen LogP contribution in [0.4, 0.5) is 9.18 Å². The molecule has 0 aliphatic heterocycles. The molecule has 0 saturated heterocycles. The van der Waals surface area contributed by atoms with Crippen molar-refractivity contribution < 1.29 is 33.0 Å². The monoisotopic (exact) mass is 456 g/mol. The van der Waals surface area contributed by atoms with Gasteiger partial charge in [-0.25, -0.2) is 14.2 Å². The second kappa shape index (κ2) is 11.1. The lowest BCUT2D eigenvalue weighted by molar-refractivity contribution is -0.138. The maximum atomic E-state index is 13.0. The van der Waals surface area contributed by atoms with Gasteiger partial charge in [0.25, 0.3) is 0 Å². The molecule has 3 rings (SSSR count). The van der Waals surface area contributed by atoms with Gasteiger partial charge < -0.3 is 19.0 Å². The molecule has 3 aromatic rings. The lowest BCUT2D eigenvalue weighted by Gasteiger charge is -2.20. The number of carbonyl (C=O) groups is 2. The number of hydrogen-bond acceptors (Lipinski definition) is 6. The van der Waals surface area contributed by atoms with Gasteiger partial charge in [0, 0.05) is 19.9 Å². The third-order valence-corrected chi connectivity index (χ3v) is 4.74. The van der Waals surface area contributed by atoms with Gasteiger partial charge in [-0.3, -0.25) is 9.69 Å². The van der Waals surface area contributed by atoms with Crippen LogP contribution in [0.15, 0.2) is 52.9 Å². The number of nitrogens with zero attached hydrogens (tertiary/aromatic N) is 2. The average molecular weight is 456 g/mol. The van der Waals surface area contributed by atoms with Crippen molar-refractivity contribution in [3.05, 3.63) is 82.8 Å². The van der Waals surface area contributed by atoms with Gasteiger partial charge >= 0.3 is 12.1 Å². The van der Waals surface area contributed by atoms with E-state index in [4.69, 9.17) is 13.9 Å². The van der Waals surface area contributed by atoms with E-state index < -0.39 is 24.4 Å². The van der Waals surface area contributed by atoms with E-state index in [1.165, 1.54) is 24.3 Å². The Morgan fingerprint density at radius 2 is 1.88 bits per heavy atom. The Morgan fingerprint density at radius 3 is 2.55 bits per heavy atom. The largest absolute Gasteiger partial charge is 0.493 e. The van der Waals surface area contributed by atoms with E-state index in [1.54, 1.807) is 31.2 Å². The topological polar surface area (TPSA) is 102 Å². The number of aliphatic carboxylic acids is 1. The molecule has 0 radical (unpaired) electrons. The number of carbonyl (C=O) groups excluding carboxylic acids is 1. The molecular weight excluding hydrogens is 431 g/mol. The van der Waals surface area contributed by atoms with Crippen LogP contribution in [0.3, 0.4) is 0 Å². The summed E-state index contributed by atoms with van der Waals surface area (Å²) in [5.41, 5.74) is 2.11. The Hall–Kier alpha value is -3.88. The number of carboxylic acid groups (broad SMARTS) is 1. The van der Waals surface area contributed by atoms with Gasteiger partial charge in [-0.1, -0.05) is 24.3 Å².